The second kappa shape index (κ2) is 8.13. The number of anilines is 2. The van der Waals surface area contributed by atoms with Crippen LogP contribution in [-0.2, 0) is 19.6 Å². The lowest BCUT2D eigenvalue weighted by Gasteiger charge is -2.10. The topological polar surface area (TPSA) is 128 Å². The van der Waals surface area contributed by atoms with Crippen LogP contribution in [0.1, 0.15) is 0 Å². The van der Waals surface area contributed by atoms with Crippen LogP contribution in [0.5, 0.6) is 0 Å². The summed E-state index contributed by atoms with van der Waals surface area (Å²) in [6.07, 6.45) is 0. The van der Waals surface area contributed by atoms with Crippen LogP contribution in [0.3, 0.4) is 0 Å². The maximum absolute atomic E-state index is 12.4. The number of methoxy groups -OCH3 is 1. The van der Waals surface area contributed by atoms with E-state index in [0.29, 0.717) is 5.69 Å². The first-order valence-corrected chi connectivity index (χ1v) is 8.94. The minimum atomic E-state index is -4.09. The number of nitro benzene ring substituents is 1. The van der Waals surface area contributed by atoms with Crippen LogP contribution in [-0.4, -0.2) is 33.0 Å². The van der Waals surface area contributed by atoms with Crippen LogP contribution in [0.25, 0.3) is 0 Å². The van der Waals surface area contributed by atoms with Gasteiger partial charge in [0.2, 0.25) is 5.91 Å². The molecule has 2 aromatic carbocycles. The number of hydrogen-bond acceptors (Lipinski definition) is 6. The fourth-order valence-electron chi connectivity index (χ4n) is 2.00. The number of nitrogens with one attached hydrogen (secondary N) is 2. The number of benzene rings is 2. The average molecular weight is 400 g/mol. The molecule has 0 aliphatic carbocycles. The van der Waals surface area contributed by atoms with Crippen molar-refractivity contribution < 1.29 is 22.9 Å². The number of nitrogens with zero attached hydrogens (tertiary/aromatic N) is 1. The van der Waals surface area contributed by atoms with Crippen molar-refractivity contribution in [1.82, 2.24) is 0 Å². The molecule has 0 aliphatic rings. The van der Waals surface area contributed by atoms with E-state index in [1.807, 2.05) is 0 Å². The highest BCUT2D eigenvalue weighted by Crippen LogP contribution is 2.28. The van der Waals surface area contributed by atoms with E-state index in [-0.39, 0.29) is 22.2 Å². The minimum Gasteiger partial charge on any atom is -0.375 e. The summed E-state index contributed by atoms with van der Waals surface area (Å²) in [5.74, 6) is -0.402. The van der Waals surface area contributed by atoms with E-state index in [4.69, 9.17) is 16.3 Å². The lowest BCUT2D eigenvalue weighted by atomic mass is 10.3. The van der Waals surface area contributed by atoms with E-state index < -0.39 is 26.5 Å². The fraction of sp³-hybridized carbons (Fsp3) is 0.133. The van der Waals surface area contributed by atoms with Gasteiger partial charge in [-0.15, -0.1) is 0 Å². The summed E-state index contributed by atoms with van der Waals surface area (Å²) in [7, 11) is -2.72. The number of carbonyl (C=O) groups excluding carboxylic acids is 1. The van der Waals surface area contributed by atoms with E-state index in [1.54, 1.807) is 6.07 Å². The Balaban J connectivity index is 2.26. The maximum Gasteiger partial charge on any atom is 0.289 e. The Morgan fingerprint density at radius 3 is 2.58 bits per heavy atom. The molecule has 0 atom stereocenters. The van der Waals surface area contributed by atoms with Crippen molar-refractivity contribution >= 4 is 44.6 Å². The Bertz CT molecular complexity index is 948. The number of nitro groups is 1. The van der Waals surface area contributed by atoms with E-state index in [9.17, 15) is 23.3 Å². The van der Waals surface area contributed by atoms with Crippen molar-refractivity contribution in [3.8, 4) is 0 Å². The largest absolute Gasteiger partial charge is 0.375 e. The molecule has 0 bridgehead atoms. The SMILES string of the molecule is COCC(=O)Nc1cccc(NS(=O)(=O)c2ccc(Cl)c([N+](=O)[O-])c2)c1. The van der Waals surface area contributed by atoms with Crippen LogP contribution in [0.4, 0.5) is 17.1 Å². The number of hydrogen-bond donors (Lipinski definition) is 2. The Kier molecular flexibility index (Phi) is 6.14. The van der Waals surface area contributed by atoms with Gasteiger partial charge in [-0.05, 0) is 30.3 Å². The van der Waals surface area contributed by atoms with Crippen molar-refractivity contribution in [3.05, 3.63) is 57.6 Å². The molecule has 0 aromatic heterocycles. The number of carbonyl (C=O) groups is 1. The highest BCUT2D eigenvalue weighted by molar-refractivity contribution is 7.92. The van der Waals surface area contributed by atoms with Gasteiger partial charge in [0.05, 0.1) is 15.5 Å². The van der Waals surface area contributed by atoms with E-state index in [2.05, 4.69) is 10.0 Å². The zero-order valence-corrected chi connectivity index (χ0v) is 15.0. The molecule has 0 spiro atoms. The molecule has 0 fully saturated rings. The molecule has 0 heterocycles. The highest BCUT2D eigenvalue weighted by atomic mass is 35.5. The summed E-state index contributed by atoms with van der Waals surface area (Å²) in [5, 5.41) is 13.3. The lowest BCUT2D eigenvalue weighted by molar-refractivity contribution is -0.384. The quantitative estimate of drug-likeness (QED) is 0.544. The molecule has 0 aliphatic heterocycles. The molecule has 2 rings (SSSR count). The molecule has 0 saturated carbocycles. The molecule has 26 heavy (non-hydrogen) atoms. The van der Waals surface area contributed by atoms with Gasteiger partial charge in [-0.2, -0.15) is 0 Å². The highest BCUT2D eigenvalue weighted by Gasteiger charge is 2.21. The second-order valence-electron chi connectivity index (χ2n) is 5.04. The first-order valence-electron chi connectivity index (χ1n) is 7.08. The normalized spacial score (nSPS) is 11.0. The first-order chi connectivity index (χ1) is 12.2. The summed E-state index contributed by atoms with van der Waals surface area (Å²) in [6.45, 7) is -0.148. The fourth-order valence-corrected chi connectivity index (χ4v) is 3.26. The summed E-state index contributed by atoms with van der Waals surface area (Å²) >= 11 is 5.69. The van der Waals surface area contributed by atoms with E-state index >= 15 is 0 Å². The van der Waals surface area contributed by atoms with Crippen molar-refractivity contribution in [2.75, 3.05) is 23.8 Å². The van der Waals surface area contributed by atoms with Gasteiger partial charge in [-0.1, -0.05) is 17.7 Å². The Morgan fingerprint density at radius 1 is 1.23 bits per heavy atom. The summed E-state index contributed by atoms with van der Waals surface area (Å²) < 4.78 is 31.9. The van der Waals surface area contributed by atoms with Gasteiger partial charge in [0.15, 0.2) is 0 Å². The molecule has 11 heteroatoms. The molecule has 1 amide bonds. The maximum atomic E-state index is 12.4. The minimum absolute atomic E-state index is 0.148. The number of halogens is 1. The molecule has 0 radical (unpaired) electrons. The number of rotatable bonds is 7. The standard InChI is InChI=1S/C15H14ClN3O6S/c1-25-9-15(20)17-10-3-2-4-11(7-10)18-26(23,24)12-5-6-13(16)14(8-12)19(21)22/h2-8,18H,9H2,1H3,(H,17,20). The summed E-state index contributed by atoms with van der Waals surface area (Å²) in [6, 6.07) is 9.12. The van der Waals surface area contributed by atoms with Crippen molar-refractivity contribution in [2.45, 2.75) is 4.90 Å². The molecule has 2 aromatic rings. The Hall–Kier alpha value is -2.69. The van der Waals surface area contributed by atoms with Gasteiger partial charge >= 0.3 is 0 Å². The van der Waals surface area contributed by atoms with Crippen LogP contribution < -0.4 is 10.0 Å². The summed E-state index contributed by atoms with van der Waals surface area (Å²) in [5.41, 5.74) is 0.00211. The van der Waals surface area contributed by atoms with Crippen molar-refractivity contribution in [2.24, 2.45) is 0 Å². The van der Waals surface area contributed by atoms with Crippen LogP contribution in [0.15, 0.2) is 47.4 Å². The first kappa shape index (κ1) is 19.6. The molecule has 0 unspecified atom stereocenters. The lowest BCUT2D eigenvalue weighted by Crippen LogP contribution is -2.17. The van der Waals surface area contributed by atoms with Gasteiger partial charge in [0.1, 0.15) is 11.6 Å². The molecule has 0 saturated heterocycles. The molecular weight excluding hydrogens is 386 g/mol. The van der Waals surface area contributed by atoms with Gasteiger partial charge in [-0.25, -0.2) is 8.42 Å². The Morgan fingerprint density at radius 2 is 1.92 bits per heavy atom. The second-order valence-corrected chi connectivity index (χ2v) is 7.13. The Labute approximate surface area is 154 Å². The number of amides is 1. The summed E-state index contributed by atoms with van der Waals surface area (Å²) in [4.78, 5) is 21.3. The average Bonchev–Trinajstić information content (AvgIpc) is 2.54. The van der Waals surface area contributed by atoms with Crippen LogP contribution >= 0.6 is 11.6 Å². The van der Waals surface area contributed by atoms with Crippen molar-refractivity contribution in [1.29, 1.82) is 0 Å². The third kappa shape index (κ3) is 4.91. The third-order valence-corrected chi connectivity index (χ3v) is 4.80. The monoisotopic (exact) mass is 399 g/mol. The van der Waals surface area contributed by atoms with Gasteiger partial charge < -0.3 is 10.1 Å². The number of ether oxygens (including phenoxy) is 1. The van der Waals surface area contributed by atoms with Crippen LogP contribution in [0.2, 0.25) is 5.02 Å². The number of sulfonamides is 1. The van der Waals surface area contributed by atoms with Gasteiger partial charge in [0.25, 0.3) is 15.7 Å². The van der Waals surface area contributed by atoms with Crippen LogP contribution in [0, 0.1) is 10.1 Å². The van der Waals surface area contributed by atoms with Gasteiger partial charge in [-0.3, -0.25) is 19.6 Å². The van der Waals surface area contributed by atoms with E-state index in [1.165, 1.54) is 25.3 Å². The van der Waals surface area contributed by atoms with Crippen molar-refractivity contribution in [3.63, 3.8) is 0 Å². The zero-order chi connectivity index (χ0) is 19.3. The molecule has 9 nitrogen and oxygen atoms in total. The molecule has 2 N–H and O–H groups in total. The van der Waals surface area contributed by atoms with E-state index in [0.717, 1.165) is 18.2 Å². The van der Waals surface area contributed by atoms with Gasteiger partial charge in [0, 0.05) is 18.9 Å². The zero-order valence-electron chi connectivity index (χ0n) is 13.4. The smallest absolute Gasteiger partial charge is 0.289 e. The molecular formula is C15H14ClN3O6S. The third-order valence-electron chi connectivity index (χ3n) is 3.10. The predicted octanol–water partition coefficient (Wildman–Crippen LogP) is 2.63. The molecule has 138 valence electrons. The predicted molar refractivity (Wildman–Crippen MR) is 95.9 cm³/mol.